The number of carbonyl (C=O) groups is 1. The van der Waals surface area contributed by atoms with Crippen molar-refractivity contribution in [1.29, 1.82) is 0 Å². The number of amides is 1. The molecule has 1 amide bonds. The summed E-state index contributed by atoms with van der Waals surface area (Å²) in [6.45, 7) is 4.44. The largest absolute Gasteiger partial charge is 0.381 e. The first-order chi connectivity index (χ1) is 13.3. The molecular weight excluding hydrogens is 342 g/mol. The van der Waals surface area contributed by atoms with Crippen LogP contribution in [-0.4, -0.2) is 64.0 Å². The molecule has 0 bridgehead atoms. The molecule has 7 nitrogen and oxygen atoms in total. The third-order valence-corrected chi connectivity index (χ3v) is 5.78. The second-order valence-corrected chi connectivity index (χ2v) is 7.42. The molecule has 7 heteroatoms. The molecule has 0 saturated carbocycles. The van der Waals surface area contributed by atoms with Crippen LogP contribution in [0.4, 0.5) is 0 Å². The Morgan fingerprint density at radius 1 is 1.19 bits per heavy atom. The normalized spacial score (nSPS) is 20.3. The number of hydrogen-bond acceptors (Lipinski definition) is 5. The fourth-order valence-electron chi connectivity index (χ4n) is 4.16. The molecule has 0 aromatic carbocycles. The summed E-state index contributed by atoms with van der Waals surface area (Å²) in [5.41, 5.74) is 0.628. The number of aromatic nitrogens is 3. The molecule has 2 aliphatic rings. The van der Waals surface area contributed by atoms with E-state index >= 15 is 0 Å². The van der Waals surface area contributed by atoms with Crippen molar-refractivity contribution in [2.45, 2.75) is 37.6 Å². The summed E-state index contributed by atoms with van der Waals surface area (Å²) in [6, 6.07) is 5.36. The molecule has 0 unspecified atom stereocenters. The third kappa shape index (κ3) is 4.04. The van der Waals surface area contributed by atoms with Gasteiger partial charge in [-0.1, -0.05) is 6.42 Å². The summed E-state index contributed by atoms with van der Waals surface area (Å²) in [6.07, 6.45) is 10.9. The highest BCUT2D eigenvalue weighted by Gasteiger charge is 2.39. The van der Waals surface area contributed by atoms with Gasteiger partial charge in [-0.3, -0.25) is 9.69 Å². The Balaban J connectivity index is 1.46. The van der Waals surface area contributed by atoms with Crippen molar-refractivity contribution >= 4 is 5.91 Å². The number of nitrogens with one attached hydrogen (secondary N) is 1. The predicted octanol–water partition coefficient (Wildman–Crippen LogP) is 2.03. The van der Waals surface area contributed by atoms with Crippen molar-refractivity contribution in [1.82, 2.24) is 25.0 Å². The van der Waals surface area contributed by atoms with Crippen LogP contribution >= 0.6 is 0 Å². The van der Waals surface area contributed by atoms with E-state index in [9.17, 15) is 4.79 Å². The van der Waals surface area contributed by atoms with Gasteiger partial charge in [0.1, 0.15) is 0 Å². The average molecular weight is 369 g/mol. The van der Waals surface area contributed by atoms with Crippen molar-refractivity contribution in [3.05, 3.63) is 42.4 Å². The molecule has 2 aliphatic heterocycles. The fraction of sp³-hybridized carbons (Fsp3) is 0.550. The lowest BCUT2D eigenvalue weighted by Gasteiger charge is -2.48. The Morgan fingerprint density at radius 2 is 2.00 bits per heavy atom. The van der Waals surface area contributed by atoms with Gasteiger partial charge in [-0.15, -0.1) is 0 Å². The molecule has 0 radical (unpaired) electrons. The van der Waals surface area contributed by atoms with Gasteiger partial charge in [-0.2, -0.15) is 5.10 Å². The first-order valence-electron chi connectivity index (χ1n) is 9.84. The van der Waals surface area contributed by atoms with Gasteiger partial charge in [0.2, 0.25) is 0 Å². The van der Waals surface area contributed by atoms with E-state index in [0.717, 1.165) is 39.1 Å². The Kier molecular flexibility index (Phi) is 5.50. The summed E-state index contributed by atoms with van der Waals surface area (Å²) in [4.78, 5) is 19.7. The molecular formula is C20H27N5O2. The number of pyridine rings is 1. The maximum absolute atomic E-state index is 12.8. The van der Waals surface area contributed by atoms with Crippen LogP contribution in [0.2, 0.25) is 0 Å². The van der Waals surface area contributed by atoms with Crippen molar-refractivity contribution in [3.8, 4) is 5.82 Å². The van der Waals surface area contributed by atoms with E-state index in [1.807, 2.05) is 12.3 Å². The quantitative estimate of drug-likeness (QED) is 0.873. The number of likely N-dealkylation sites (tertiary alicyclic amines) is 1. The minimum Gasteiger partial charge on any atom is -0.381 e. The topological polar surface area (TPSA) is 72.3 Å². The van der Waals surface area contributed by atoms with Crippen LogP contribution < -0.4 is 5.32 Å². The van der Waals surface area contributed by atoms with E-state index in [0.29, 0.717) is 17.9 Å². The second kappa shape index (κ2) is 8.19. The molecule has 2 aromatic rings. The number of rotatable bonds is 5. The summed E-state index contributed by atoms with van der Waals surface area (Å²) in [5, 5.41) is 7.37. The highest BCUT2D eigenvalue weighted by atomic mass is 16.5. The van der Waals surface area contributed by atoms with Crippen molar-refractivity contribution in [2.75, 3.05) is 32.8 Å². The van der Waals surface area contributed by atoms with E-state index in [2.05, 4.69) is 20.3 Å². The van der Waals surface area contributed by atoms with Gasteiger partial charge in [0.15, 0.2) is 5.82 Å². The van der Waals surface area contributed by atoms with Crippen LogP contribution in [0.5, 0.6) is 0 Å². The minimum absolute atomic E-state index is 0.0200. The molecule has 27 heavy (non-hydrogen) atoms. The first-order valence-corrected chi connectivity index (χ1v) is 9.84. The number of carbonyl (C=O) groups excluding carboxylic acids is 1. The molecule has 1 N–H and O–H groups in total. The average Bonchev–Trinajstić information content (AvgIpc) is 3.28. The van der Waals surface area contributed by atoms with E-state index in [4.69, 9.17) is 4.74 Å². The summed E-state index contributed by atoms with van der Waals surface area (Å²) in [5.74, 6) is 0.582. The Labute approximate surface area is 159 Å². The van der Waals surface area contributed by atoms with Gasteiger partial charge in [0.25, 0.3) is 5.91 Å². The molecule has 2 fully saturated rings. The lowest BCUT2D eigenvalue weighted by atomic mass is 9.86. The summed E-state index contributed by atoms with van der Waals surface area (Å²) in [7, 11) is 0. The van der Waals surface area contributed by atoms with Crippen LogP contribution in [0.1, 0.15) is 42.5 Å². The van der Waals surface area contributed by atoms with Crippen molar-refractivity contribution in [2.24, 2.45) is 0 Å². The zero-order valence-electron chi connectivity index (χ0n) is 15.6. The number of hydrogen-bond donors (Lipinski definition) is 1. The van der Waals surface area contributed by atoms with Crippen LogP contribution in [0.3, 0.4) is 0 Å². The lowest BCUT2D eigenvalue weighted by molar-refractivity contribution is -0.0349. The van der Waals surface area contributed by atoms with E-state index in [1.165, 1.54) is 19.3 Å². The van der Waals surface area contributed by atoms with Crippen LogP contribution in [0.25, 0.3) is 5.82 Å². The zero-order chi connectivity index (χ0) is 18.5. The first kappa shape index (κ1) is 18.1. The summed E-state index contributed by atoms with van der Waals surface area (Å²) >= 11 is 0. The highest BCUT2D eigenvalue weighted by molar-refractivity contribution is 5.94. The van der Waals surface area contributed by atoms with E-state index in [1.54, 1.807) is 29.2 Å². The fourth-order valence-corrected chi connectivity index (χ4v) is 4.16. The molecule has 144 valence electrons. The van der Waals surface area contributed by atoms with Crippen LogP contribution in [0.15, 0.2) is 36.8 Å². The van der Waals surface area contributed by atoms with Gasteiger partial charge in [-0.05, 0) is 57.0 Å². The number of nitrogens with zero attached hydrogens (tertiary/aromatic N) is 4. The molecule has 0 aliphatic carbocycles. The molecule has 4 heterocycles. The van der Waals surface area contributed by atoms with Crippen molar-refractivity contribution < 1.29 is 9.53 Å². The van der Waals surface area contributed by atoms with Gasteiger partial charge in [0.05, 0.1) is 0 Å². The van der Waals surface area contributed by atoms with Crippen LogP contribution in [0, 0.1) is 0 Å². The SMILES string of the molecule is O=C(NCC1(N2CCCCC2)CCOCC1)c1ccnc(-n2cccn2)c1. The number of piperidine rings is 1. The Hall–Kier alpha value is -2.25. The summed E-state index contributed by atoms with van der Waals surface area (Å²) < 4.78 is 7.26. The lowest BCUT2D eigenvalue weighted by Crippen LogP contribution is -2.59. The van der Waals surface area contributed by atoms with Gasteiger partial charge >= 0.3 is 0 Å². The molecule has 2 aromatic heterocycles. The highest BCUT2D eigenvalue weighted by Crippen LogP contribution is 2.30. The Bertz CT molecular complexity index is 749. The van der Waals surface area contributed by atoms with E-state index in [-0.39, 0.29) is 11.4 Å². The predicted molar refractivity (Wildman–Crippen MR) is 102 cm³/mol. The Morgan fingerprint density at radius 3 is 2.74 bits per heavy atom. The molecule has 0 spiro atoms. The van der Waals surface area contributed by atoms with Crippen molar-refractivity contribution in [3.63, 3.8) is 0 Å². The van der Waals surface area contributed by atoms with E-state index < -0.39 is 0 Å². The standard InChI is InChI=1S/C20H27N5O2/c26-19(17-5-9-21-18(15-17)25-12-4-8-23-25)22-16-20(6-13-27-14-7-20)24-10-2-1-3-11-24/h4-5,8-9,12,15H,1-3,6-7,10-11,13-14,16H2,(H,22,26). The van der Waals surface area contributed by atoms with Gasteiger partial charge in [0, 0.05) is 49.5 Å². The number of ether oxygens (including phenoxy) is 1. The third-order valence-electron chi connectivity index (χ3n) is 5.78. The second-order valence-electron chi connectivity index (χ2n) is 7.42. The van der Waals surface area contributed by atoms with Gasteiger partial charge in [-0.25, -0.2) is 9.67 Å². The monoisotopic (exact) mass is 369 g/mol. The maximum atomic E-state index is 12.8. The molecule has 4 rings (SSSR count). The zero-order valence-corrected chi connectivity index (χ0v) is 15.6. The van der Waals surface area contributed by atoms with Crippen LogP contribution in [-0.2, 0) is 4.74 Å². The van der Waals surface area contributed by atoms with Gasteiger partial charge < -0.3 is 10.1 Å². The maximum Gasteiger partial charge on any atom is 0.251 e. The molecule has 2 saturated heterocycles. The molecule has 0 atom stereocenters. The smallest absolute Gasteiger partial charge is 0.251 e. The minimum atomic E-state index is -0.0614.